The fraction of sp³-hybridized carbons (Fsp3) is 0.0714. The second-order valence-electron chi connectivity index (χ2n) is 3.84. The zero-order valence-corrected chi connectivity index (χ0v) is 11.2. The average molecular weight is 309 g/mol. The van der Waals surface area contributed by atoms with Crippen LogP contribution in [-0.4, -0.2) is 6.29 Å². The lowest BCUT2D eigenvalue weighted by atomic mass is 10.2. The Hall–Kier alpha value is -1.68. The van der Waals surface area contributed by atoms with Crippen molar-refractivity contribution in [3.63, 3.8) is 0 Å². The summed E-state index contributed by atoms with van der Waals surface area (Å²) in [6, 6.07) is 9.42. The second-order valence-corrected chi connectivity index (χ2v) is 4.69. The highest BCUT2D eigenvalue weighted by molar-refractivity contribution is 9.10. The number of hydrogen-bond acceptors (Lipinski definition) is 2. The van der Waals surface area contributed by atoms with E-state index in [-0.39, 0.29) is 5.56 Å². The van der Waals surface area contributed by atoms with Crippen LogP contribution >= 0.6 is 15.9 Å². The van der Waals surface area contributed by atoms with Crippen molar-refractivity contribution in [1.82, 2.24) is 0 Å². The van der Waals surface area contributed by atoms with Crippen molar-refractivity contribution >= 4 is 22.2 Å². The molecule has 0 amide bonds. The van der Waals surface area contributed by atoms with E-state index in [0.717, 1.165) is 16.1 Å². The summed E-state index contributed by atoms with van der Waals surface area (Å²) in [4.78, 5) is 10.9. The van der Waals surface area contributed by atoms with Crippen molar-refractivity contribution < 1.29 is 13.9 Å². The molecule has 2 rings (SSSR count). The molecule has 0 heterocycles. The lowest BCUT2D eigenvalue weighted by Crippen LogP contribution is -1.92. The number of hydrogen-bond donors (Lipinski definition) is 0. The fourth-order valence-corrected chi connectivity index (χ4v) is 2.09. The third kappa shape index (κ3) is 2.76. The van der Waals surface area contributed by atoms with Crippen molar-refractivity contribution in [3.8, 4) is 11.5 Å². The van der Waals surface area contributed by atoms with Gasteiger partial charge in [0, 0.05) is 0 Å². The van der Waals surface area contributed by atoms with Crippen LogP contribution in [0.1, 0.15) is 15.9 Å². The molecule has 0 atom stereocenters. The average Bonchev–Trinajstić information content (AvgIpc) is 2.34. The smallest absolute Gasteiger partial charge is 0.153 e. The number of carbonyl (C=O) groups excluding carboxylic acids is 1. The van der Waals surface area contributed by atoms with Gasteiger partial charge in [0.1, 0.15) is 17.3 Å². The van der Waals surface area contributed by atoms with E-state index in [1.807, 2.05) is 19.1 Å². The summed E-state index contributed by atoms with van der Waals surface area (Å²) in [6.07, 6.45) is 0.570. The van der Waals surface area contributed by atoms with Gasteiger partial charge < -0.3 is 4.74 Å². The van der Waals surface area contributed by atoms with E-state index in [1.54, 1.807) is 6.07 Å². The van der Waals surface area contributed by atoms with Gasteiger partial charge in [-0.2, -0.15) is 0 Å². The number of aldehydes is 1. The predicted molar refractivity (Wildman–Crippen MR) is 70.7 cm³/mol. The Labute approximate surface area is 113 Å². The maximum absolute atomic E-state index is 13.0. The van der Waals surface area contributed by atoms with Crippen LogP contribution < -0.4 is 4.74 Å². The summed E-state index contributed by atoms with van der Waals surface area (Å²) < 4.78 is 19.4. The largest absolute Gasteiger partial charge is 0.455 e. The van der Waals surface area contributed by atoms with E-state index in [0.29, 0.717) is 17.8 Å². The topological polar surface area (TPSA) is 26.3 Å². The monoisotopic (exact) mass is 308 g/mol. The zero-order valence-electron chi connectivity index (χ0n) is 9.61. The Balaban J connectivity index is 2.36. The number of aryl methyl sites for hydroxylation is 1. The van der Waals surface area contributed by atoms with E-state index >= 15 is 0 Å². The molecule has 0 fully saturated rings. The van der Waals surface area contributed by atoms with Gasteiger partial charge in [-0.1, -0.05) is 6.07 Å². The highest BCUT2D eigenvalue weighted by Gasteiger charge is 2.08. The number of ether oxygens (including phenoxy) is 1. The van der Waals surface area contributed by atoms with E-state index < -0.39 is 5.82 Å². The molecule has 92 valence electrons. The van der Waals surface area contributed by atoms with Crippen LogP contribution in [0.2, 0.25) is 0 Å². The molecular weight excluding hydrogens is 299 g/mol. The van der Waals surface area contributed by atoms with Crippen LogP contribution in [-0.2, 0) is 0 Å². The molecule has 2 aromatic rings. The first-order chi connectivity index (χ1) is 8.60. The molecule has 2 nitrogen and oxygen atoms in total. The van der Waals surface area contributed by atoms with Crippen molar-refractivity contribution in [2.75, 3.05) is 0 Å². The van der Waals surface area contributed by atoms with Crippen LogP contribution in [0.5, 0.6) is 11.5 Å². The van der Waals surface area contributed by atoms with Gasteiger partial charge in [0.05, 0.1) is 10.0 Å². The van der Waals surface area contributed by atoms with Crippen molar-refractivity contribution in [2.45, 2.75) is 6.92 Å². The van der Waals surface area contributed by atoms with Gasteiger partial charge in [-0.3, -0.25) is 4.79 Å². The first kappa shape index (κ1) is 12.8. The Morgan fingerprint density at radius 2 is 1.89 bits per heavy atom. The summed E-state index contributed by atoms with van der Waals surface area (Å²) in [5.74, 6) is 0.443. The van der Waals surface area contributed by atoms with E-state index in [4.69, 9.17) is 4.74 Å². The molecule has 0 aliphatic rings. The summed E-state index contributed by atoms with van der Waals surface area (Å²) in [6.45, 7) is 1.96. The molecule has 0 N–H and O–H groups in total. The maximum Gasteiger partial charge on any atom is 0.153 e. The number of rotatable bonds is 3. The minimum Gasteiger partial charge on any atom is -0.455 e. The molecule has 0 aliphatic heterocycles. The van der Waals surface area contributed by atoms with Gasteiger partial charge in [-0.15, -0.1) is 0 Å². The van der Waals surface area contributed by atoms with Crippen LogP contribution in [0.15, 0.2) is 40.9 Å². The third-order valence-electron chi connectivity index (χ3n) is 2.41. The first-order valence-corrected chi connectivity index (χ1v) is 6.08. The standard InChI is InChI=1S/C14H10BrFO2/c1-9-2-4-14(12(15)6-9)18-13-5-3-11(16)7-10(13)8-17/h2-8H,1H3. The first-order valence-electron chi connectivity index (χ1n) is 5.29. The van der Waals surface area contributed by atoms with Crippen LogP contribution in [0, 0.1) is 12.7 Å². The molecule has 0 radical (unpaired) electrons. The van der Waals surface area contributed by atoms with E-state index in [9.17, 15) is 9.18 Å². The molecular formula is C14H10BrFO2. The number of carbonyl (C=O) groups is 1. The number of halogens is 2. The van der Waals surface area contributed by atoms with Crippen molar-refractivity contribution in [3.05, 3.63) is 57.8 Å². The molecule has 0 saturated heterocycles. The van der Waals surface area contributed by atoms with Gasteiger partial charge >= 0.3 is 0 Å². The third-order valence-corrected chi connectivity index (χ3v) is 3.03. The highest BCUT2D eigenvalue weighted by atomic mass is 79.9. The Kier molecular flexibility index (Phi) is 3.77. The summed E-state index contributed by atoms with van der Waals surface area (Å²) >= 11 is 3.38. The van der Waals surface area contributed by atoms with Gasteiger partial charge in [-0.05, 0) is 58.7 Å². The molecule has 4 heteroatoms. The van der Waals surface area contributed by atoms with E-state index in [1.165, 1.54) is 12.1 Å². The second kappa shape index (κ2) is 5.31. The Morgan fingerprint density at radius 1 is 1.17 bits per heavy atom. The molecule has 0 aromatic heterocycles. The molecule has 0 unspecified atom stereocenters. The Bertz CT molecular complexity index is 596. The van der Waals surface area contributed by atoms with Gasteiger partial charge in [-0.25, -0.2) is 4.39 Å². The lowest BCUT2D eigenvalue weighted by molar-refractivity contribution is 0.112. The predicted octanol–water partition coefficient (Wildman–Crippen LogP) is 4.50. The minimum absolute atomic E-state index is 0.183. The van der Waals surface area contributed by atoms with Crippen molar-refractivity contribution in [2.24, 2.45) is 0 Å². The molecule has 18 heavy (non-hydrogen) atoms. The Morgan fingerprint density at radius 3 is 2.56 bits per heavy atom. The van der Waals surface area contributed by atoms with Gasteiger partial charge in [0.2, 0.25) is 0 Å². The molecule has 0 spiro atoms. The minimum atomic E-state index is -0.465. The lowest BCUT2D eigenvalue weighted by Gasteiger charge is -2.10. The van der Waals surface area contributed by atoms with Gasteiger partial charge in [0.25, 0.3) is 0 Å². The van der Waals surface area contributed by atoms with Crippen molar-refractivity contribution in [1.29, 1.82) is 0 Å². The summed E-state index contributed by atoms with van der Waals surface area (Å²) in [5, 5.41) is 0. The van der Waals surface area contributed by atoms with Gasteiger partial charge in [0.15, 0.2) is 6.29 Å². The van der Waals surface area contributed by atoms with Crippen LogP contribution in [0.25, 0.3) is 0 Å². The van der Waals surface area contributed by atoms with Crippen LogP contribution in [0.4, 0.5) is 4.39 Å². The summed E-state index contributed by atoms with van der Waals surface area (Å²) in [7, 11) is 0. The SMILES string of the molecule is Cc1ccc(Oc2ccc(F)cc2C=O)c(Br)c1. The molecule has 0 saturated carbocycles. The molecule has 2 aromatic carbocycles. The zero-order chi connectivity index (χ0) is 13.1. The number of benzene rings is 2. The fourth-order valence-electron chi connectivity index (χ4n) is 1.51. The normalized spacial score (nSPS) is 10.2. The molecule has 0 aliphatic carbocycles. The quantitative estimate of drug-likeness (QED) is 0.780. The summed E-state index contributed by atoms with van der Waals surface area (Å²) in [5.41, 5.74) is 1.27. The van der Waals surface area contributed by atoms with E-state index in [2.05, 4.69) is 15.9 Å². The van der Waals surface area contributed by atoms with Crippen LogP contribution in [0.3, 0.4) is 0 Å². The highest BCUT2D eigenvalue weighted by Crippen LogP contribution is 2.31. The molecule has 0 bridgehead atoms. The maximum atomic E-state index is 13.0.